The molecule has 0 unspecified atom stereocenters. The molecule has 0 spiro atoms. The highest BCUT2D eigenvalue weighted by atomic mass is 32.1. The Morgan fingerprint density at radius 3 is 2.58 bits per heavy atom. The summed E-state index contributed by atoms with van der Waals surface area (Å²) in [4.78, 5) is 51.1. The lowest BCUT2D eigenvalue weighted by Crippen LogP contribution is -2.58. The molecule has 14 nitrogen and oxygen atoms in total. The predicted octanol–water partition coefficient (Wildman–Crippen LogP) is 1.22. The number of thiocarbonyl (C=S) groups is 1. The van der Waals surface area contributed by atoms with Crippen molar-refractivity contribution in [1.29, 1.82) is 0 Å². The van der Waals surface area contributed by atoms with Crippen LogP contribution in [0.4, 0.5) is 10.5 Å². The van der Waals surface area contributed by atoms with Crippen LogP contribution >= 0.6 is 12.2 Å². The van der Waals surface area contributed by atoms with Crippen molar-refractivity contribution in [2.45, 2.75) is 26.1 Å². The fraction of sp³-hybridized carbons (Fsp3) is 0.286. The molecule has 4 rings (SSSR count). The van der Waals surface area contributed by atoms with E-state index in [1.807, 2.05) is 0 Å². The van der Waals surface area contributed by atoms with Crippen LogP contribution in [0.15, 0.2) is 64.9 Å². The van der Waals surface area contributed by atoms with Gasteiger partial charge in [-0.15, -0.1) is 0 Å². The first-order valence-electron chi connectivity index (χ1n) is 13.1. The zero-order valence-corrected chi connectivity index (χ0v) is 24.3. The fourth-order valence-electron chi connectivity index (χ4n) is 4.37. The van der Waals surface area contributed by atoms with E-state index < -0.39 is 42.0 Å². The molecule has 3 atom stereocenters. The van der Waals surface area contributed by atoms with Crippen molar-refractivity contribution < 1.29 is 38.5 Å². The quantitative estimate of drug-likeness (QED) is 0.0620. The van der Waals surface area contributed by atoms with Gasteiger partial charge in [-0.2, -0.15) is 5.10 Å². The SMILES string of the molecule is CCOc1cc([C@@H]2NC(=O)NC(C)=C2C(=O)OC)ccc1OC[C@H](O)N/N=C\[C@H]1C(=O)NC(=S)N(c2ccccc2)C1=O. The number of methoxy groups -OCH3 is 1. The van der Waals surface area contributed by atoms with Crippen molar-refractivity contribution in [2.24, 2.45) is 11.0 Å². The Kier molecular flexibility index (Phi) is 9.90. The highest BCUT2D eigenvalue weighted by Gasteiger charge is 2.38. The summed E-state index contributed by atoms with van der Waals surface area (Å²) in [5, 5.41) is 21.9. The number of nitrogens with zero attached hydrogens (tertiary/aromatic N) is 2. The molecule has 2 aromatic carbocycles. The van der Waals surface area contributed by atoms with E-state index in [9.17, 15) is 24.3 Å². The van der Waals surface area contributed by atoms with Gasteiger partial charge < -0.3 is 35.3 Å². The Hall–Kier alpha value is -5.02. The summed E-state index contributed by atoms with van der Waals surface area (Å²) in [6.07, 6.45) is -0.264. The summed E-state index contributed by atoms with van der Waals surface area (Å²) in [5.41, 5.74) is 4.03. The Morgan fingerprint density at radius 2 is 1.88 bits per heavy atom. The average Bonchev–Trinajstić information content (AvgIpc) is 2.98. The van der Waals surface area contributed by atoms with Crippen LogP contribution in [-0.2, 0) is 19.1 Å². The summed E-state index contributed by atoms with van der Waals surface area (Å²) in [7, 11) is 1.25. The Balaban J connectivity index is 1.41. The summed E-state index contributed by atoms with van der Waals surface area (Å²) < 4.78 is 16.3. The predicted molar refractivity (Wildman–Crippen MR) is 158 cm³/mol. The van der Waals surface area contributed by atoms with Gasteiger partial charge in [0, 0.05) is 11.9 Å². The van der Waals surface area contributed by atoms with Gasteiger partial charge in [0.1, 0.15) is 6.61 Å². The number of nitrogens with one attached hydrogen (secondary N) is 4. The molecule has 0 bridgehead atoms. The molecule has 2 aliphatic heterocycles. The molecule has 5 N–H and O–H groups in total. The van der Waals surface area contributed by atoms with Gasteiger partial charge >= 0.3 is 12.0 Å². The third-order valence-electron chi connectivity index (χ3n) is 6.34. The van der Waals surface area contributed by atoms with Crippen molar-refractivity contribution in [1.82, 2.24) is 21.4 Å². The molecule has 2 aromatic rings. The molecule has 1 saturated heterocycles. The minimum atomic E-state index is -1.33. The molecular formula is C28H30N6O8S. The van der Waals surface area contributed by atoms with Crippen molar-refractivity contribution in [2.75, 3.05) is 25.2 Å². The third kappa shape index (κ3) is 7.07. The first-order chi connectivity index (χ1) is 20.6. The third-order valence-corrected chi connectivity index (χ3v) is 6.62. The monoisotopic (exact) mass is 610 g/mol. The largest absolute Gasteiger partial charge is 0.490 e. The molecule has 0 radical (unpaired) electrons. The number of hydrogen-bond acceptors (Lipinski definition) is 11. The van der Waals surface area contributed by atoms with Crippen LogP contribution in [-0.4, -0.2) is 66.8 Å². The highest BCUT2D eigenvalue weighted by Crippen LogP contribution is 2.35. The number of esters is 1. The van der Waals surface area contributed by atoms with Gasteiger partial charge in [0.15, 0.2) is 28.8 Å². The second-order valence-corrected chi connectivity index (χ2v) is 9.60. The topological polar surface area (TPSA) is 180 Å². The number of rotatable bonds is 11. The molecule has 226 valence electrons. The van der Waals surface area contributed by atoms with Gasteiger partial charge in [0.05, 0.1) is 31.0 Å². The van der Waals surface area contributed by atoms with E-state index in [1.165, 1.54) is 12.0 Å². The van der Waals surface area contributed by atoms with E-state index in [4.69, 9.17) is 26.4 Å². The molecule has 0 saturated carbocycles. The number of ether oxygens (including phenoxy) is 3. The molecule has 1 fully saturated rings. The number of aliphatic hydroxyl groups excluding tert-OH is 1. The van der Waals surface area contributed by atoms with Gasteiger partial charge in [0.25, 0.3) is 5.91 Å². The highest BCUT2D eigenvalue weighted by molar-refractivity contribution is 7.80. The molecule has 0 aromatic heterocycles. The summed E-state index contributed by atoms with van der Waals surface area (Å²) in [6, 6.07) is 12.1. The molecule has 4 amide bonds. The minimum absolute atomic E-state index is 0.0430. The number of benzene rings is 2. The van der Waals surface area contributed by atoms with Gasteiger partial charge in [0.2, 0.25) is 5.91 Å². The summed E-state index contributed by atoms with van der Waals surface area (Å²) in [5.74, 6) is -2.57. The van der Waals surface area contributed by atoms with Crippen LogP contribution in [0.3, 0.4) is 0 Å². The Bertz CT molecular complexity index is 1480. The van der Waals surface area contributed by atoms with E-state index in [0.29, 0.717) is 22.7 Å². The number of hydrazone groups is 1. The molecule has 0 aliphatic carbocycles. The number of carbonyl (C=O) groups excluding carboxylic acids is 4. The number of carbonyl (C=O) groups is 4. The molecule has 15 heteroatoms. The van der Waals surface area contributed by atoms with Crippen LogP contribution in [0.5, 0.6) is 11.5 Å². The van der Waals surface area contributed by atoms with Crippen molar-refractivity contribution in [3.63, 3.8) is 0 Å². The fourth-order valence-corrected chi connectivity index (χ4v) is 4.67. The van der Waals surface area contributed by atoms with Gasteiger partial charge in [-0.05, 0) is 55.9 Å². The number of allylic oxidation sites excluding steroid dienone is 1. The first-order valence-corrected chi connectivity index (χ1v) is 13.5. The maximum atomic E-state index is 13.0. The van der Waals surface area contributed by atoms with E-state index >= 15 is 0 Å². The second kappa shape index (κ2) is 13.8. The van der Waals surface area contributed by atoms with Gasteiger partial charge in [-0.25, -0.2) is 9.59 Å². The van der Waals surface area contributed by atoms with Crippen LogP contribution in [0.1, 0.15) is 25.5 Å². The van der Waals surface area contributed by atoms with E-state index in [0.717, 1.165) is 6.21 Å². The number of aliphatic hydroxyl groups is 1. The van der Waals surface area contributed by atoms with Crippen LogP contribution in [0.2, 0.25) is 0 Å². The lowest BCUT2D eigenvalue weighted by atomic mass is 9.95. The zero-order chi connectivity index (χ0) is 31.1. The van der Waals surface area contributed by atoms with Crippen molar-refractivity contribution in [3.8, 4) is 11.5 Å². The van der Waals surface area contributed by atoms with E-state index in [-0.39, 0.29) is 29.6 Å². The minimum Gasteiger partial charge on any atom is -0.490 e. The van der Waals surface area contributed by atoms with Crippen molar-refractivity contribution >= 4 is 53.0 Å². The molecule has 43 heavy (non-hydrogen) atoms. The number of amides is 4. The van der Waals surface area contributed by atoms with Gasteiger partial charge in [-0.1, -0.05) is 24.3 Å². The summed E-state index contributed by atoms with van der Waals surface area (Å²) in [6.45, 7) is 3.36. The normalized spacial score (nSPS) is 19.4. The summed E-state index contributed by atoms with van der Waals surface area (Å²) >= 11 is 5.16. The second-order valence-electron chi connectivity index (χ2n) is 9.22. The molecule has 2 aliphatic rings. The van der Waals surface area contributed by atoms with Gasteiger partial charge in [-0.3, -0.25) is 19.9 Å². The Labute approximate surface area is 252 Å². The smallest absolute Gasteiger partial charge is 0.337 e. The maximum absolute atomic E-state index is 13.0. The molecular weight excluding hydrogens is 580 g/mol. The van der Waals surface area contributed by atoms with E-state index in [2.05, 4.69) is 26.5 Å². The number of para-hydroxylation sites is 1. The van der Waals surface area contributed by atoms with Crippen LogP contribution < -0.4 is 35.7 Å². The lowest BCUT2D eigenvalue weighted by molar-refractivity contribution is -0.136. The number of urea groups is 1. The van der Waals surface area contributed by atoms with Crippen LogP contribution in [0.25, 0.3) is 0 Å². The van der Waals surface area contributed by atoms with E-state index in [1.54, 1.807) is 62.4 Å². The Morgan fingerprint density at radius 1 is 1.14 bits per heavy atom. The standard InChI is InChI=1S/C28H30N6O8S/c1-4-41-20-12-16(23-22(26(38)40-3)15(2)30-27(39)31-23)10-11-19(20)42-14-21(35)33-29-13-18-24(36)32-28(43)34(25(18)37)17-8-6-5-7-9-17/h5-13,18,21,23,33,35H,4,14H2,1-3H3,(H2,30,31,39)(H,32,36,43)/b29-13-/t18-,21-,23-/m0/s1. The zero-order valence-electron chi connectivity index (χ0n) is 23.5. The lowest BCUT2D eigenvalue weighted by Gasteiger charge is -2.30. The average molecular weight is 611 g/mol. The number of anilines is 1. The molecule has 2 heterocycles. The van der Waals surface area contributed by atoms with Crippen LogP contribution in [0, 0.1) is 5.92 Å². The number of hydrogen-bond donors (Lipinski definition) is 5. The van der Waals surface area contributed by atoms with Crippen molar-refractivity contribution in [3.05, 3.63) is 65.4 Å². The first kappa shape index (κ1) is 30.9. The maximum Gasteiger partial charge on any atom is 0.337 e.